The van der Waals surface area contributed by atoms with E-state index in [9.17, 15) is 4.79 Å². The average molecular weight is 309 g/mol. The number of aromatic nitrogens is 2. The number of nitrogens with zero attached hydrogens (tertiary/aromatic N) is 2. The topological polar surface area (TPSA) is 55.6 Å². The number of carbonyl (C=O) groups excluding carboxylic acids is 1. The molecule has 2 heterocycles. The van der Waals surface area contributed by atoms with Crippen LogP contribution >= 0.6 is 0 Å². The maximum Gasteiger partial charge on any atom is 0.230 e. The number of para-hydroxylation sites is 2. The molecule has 0 aliphatic carbocycles. The van der Waals surface area contributed by atoms with Crippen LogP contribution in [0.2, 0.25) is 0 Å². The molecule has 0 bridgehead atoms. The van der Waals surface area contributed by atoms with E-state index in [1.54, 1.807) is 0 Å². The van der Waals surface area contributed by atoms with E-state index in [1.807, 2.05) is 67.0 Å². The zero-order valence-corrected chi connectivity index (χ0v) is 13.2. The fourth-order valence-electron chi connectivity index (χ4n) is 2.43. The van der Waals surface area contributed by atoms with Crippen LogP contribution in [0, 0.1) is 6.92 Å². The first kappa shape index (κ1) is 15.1. The number of amides is 1. The molecular weight excluding hydrogens is 290 g/mol. The first-order valence-electron chi connectivity index (χ1n) is 7.61. The van der Waals surface area contributed by atoms with Gasteiger partial charge in [-0.1, -0.05) is 12.1 Å². The number of imidazole rings is 1. The number of aryl methyl sites for hydroxylation is 1. The Balaban J connectivity index is 1.73. The number of hydrogen-bond acceptors (Lipinski definition) is 3. The van der Waals surface area contributed by atoms with E-state index in [0.29, 0.717) is 18.0 Å². The SMILES string of the molecule is CCOc1ccccc1NC(=O)Cc1cn2ccc(C)cc2n1. The lowest BCUT2D eigenvalue weighted by atomic mass is 10.2. The van der Waals surface area contributed by atoms with Crippen molar-refractivity contribution in [2.45, 2.75) is 20.3 Å². The number of benzene rings is 1. The van der Waals surface area contributed by atoms with Gasteiger partial charge < -0.3 is 14.5 Å². The van der Waals surface area contributed by atoms with Crippen LogP contribution in [-0.2, 0) is 11.2 Å². The molecule has 0 atom stereocenters. The molecule has 5 heteroatoms. The van der Waals surface area contributed by atoms with Gasteiger partial charge in [-0.05, 0) is 43.7 Å². The second-order valence-electron chi connectivity index (χ2n) is 5.36. The number of pyridine rings is 1. The molecule has 0 saturated carbocycles. The minimum Gasteiger partial charge on any atom is -0.492 e. The summed E-state index contributed by atoms with van der Waals surface area (Å²) in [4.78, 5) is 16.8. The minimum absolute atomic E-state index is 0.114. The molecule has 0 aliphatic heterocycles. The molecular formula is C18H19N3O2. The molecule has 1 N–H and O–H groups in total. The van der Waals surface area contributed by atoms with Gasteiger partial charge in [0.1, 0.15) is 11.4 Å². The molecule has 0 saturated heterocycles. The number of anilines is 1. The molecule has 0 aliphatic rings. The number of hydrogen-bond donors (Lipinski definition) is 1. The van der Waals surface area contributed by atoms with Gasteiger partial charge in [0.05, 0.1) is 24.4 Å². The van der Waals surface area contributed by atoms with E-state index < -0.39 is 0 Å². The average Bonchev–Trinajstić information content (AvgIpc) is 2.90. The van der Waals surface area contributed by atoms with E-state index in [2.05, 4.69) is 10.3 Å². The van der Waals surface area contributed by atoms with Gasteiger partial charge in [0, 0.05) is 12.4 Å². The summed E-state index contributed by atoms with van der Waals surface area (Å²) in [5.74, 6) is 0.561. The Morgan fingerprint density at radius 3 is 2.96 bits per heavy atom. The second-order valence-corrected chi connectivity index (χ2v) is 5.36. The molecule has 1 amide bonds. The molecule has 0 unspecified atom stereocenters. The zero-order valence-electron chi connectivity index (χ0n) is 13.2. The van der Waals surface area contributed by atoms with Crippen LogP contribution in [-0.4, -0.2) is 21.9 Å². The van der Waals surface area contributed by atoms with Crippen molar-refractivity contribution >= 4 is 17.2 Å². The Kier molecular flexibility index (Phi) is 4.28. The van der Waals surface area contributed by atoms with Crippen molar-refractivity contribution in [3.63, 3.8) is 0 Å². The molecule has 1 aromatic carbocycles. The van der Waals surface area contributed by atoms with Crippen LogP contribution in [0.5, 0.6) is 5.75 Å². The number of nitrogens with one attached hydrogen (secondary N) is 1. The molecule has 3 rings (SSSR count). The zero-order chi connectivity index (χ0) is 16.2. The normalized spacial score (nSPS) is 10.7. The Labute approximate surface area is 134 Å². The maximum atomic E-state index is 12.3. The Morgan fingerprint density at radius 1 is 1.30 bits per heavy atom. The summed E-state index contributed by atoms with van der Waals surface area (Å²) in [6.07, 6.45) is 4.05. The smallest absolute Gasteiger partial charge is 0.230 e. The lowest BCUT2D eigenvalue weighted by Gasteiger charge is -2.10. The first-order valence-corrected chi connectivity index (χ1v) is 7.61. The third-order valence-electron chi connectivity index (χ3n) is 3.47. The Bertz CT molecular complexity index is 839. The van der Waals surface area contributed by atoms with Crippen molar-refractivity contribution in [2.75, 3.05) is 11.9 Å². The van der Waals surface area contributed by atoms with Crippen molar-refractivity contribution in [1.82, 2.24) is 9.38 Å². The van der Waals surface area contributed by atoms with Crippen molar-refractivity contribution in [3.05, 3.63) is 60.0 Å². The highest BCUT2D eigenvalue weighted by molar-refractivity contribution is 5.93. The van der Waals surface area contributed by atoms with E-state index in [-0.39, 0.29) is 12.3 Å². The van der Waals surface area contributed by atoms with Crippen LogP contribution in [0.25, 0.3) is 5.65 Å². The van der Waals surface area contributed by atoms with E-state index >= 15 is 0 Å². The number of rotatable bonds is 5. The van der Waals surface area contributed by atoms with Crippen molar-refractivity contribution in [1.29, 1.82) is 0 Å². The van der Waals surface area contributed by atoms with Gasteiger partial charge in [0.2, 0.25) is 5.91 Å². The highest BCUT2D eigenvalue weighted by Gasteiger charge is 2.10. The molecule has 3 aromatic rings. The third kappa shape index (κ3) is 3.51. The van der Waals surface area contributed by atoms with Gasteiger partial charge in [-0.15, -0.1) is 0 Å². The van der Waals surface area contributed by atoms with Crippen molar-refractivity contribution in [3.8, 4) is 5.75 Å². The summed E-state index contributed by atoms with van der Waals surface area (Å²) >= 11 is 0. The van der Waals surface area contributed by atoms with Crippen molar-refractivity contribution in [2.24, 2.45) is 0 Å². The lowest BCUT2D eigenvalue weighted by Crippen LogP contribution is -2.15. The van der Waals surface area contributed by atoms with Gasteiger partial charge >= 0.3 is 0 Å². The fraction of sp³-hybridized carbons (Fsp3) is 0.222. The Hall–Kier alpha value is -2.82. The minimum atomic E-state index is -0.114. The quantitative estimate of drug-likeness (QED) is 0.787. The molecule has 0 fully saturated rings. The molecule has 23 heavy (non-hydrogen) atoms. The molecule has 0 spiro atoms. The van der Waals surface area contributed by atoms with Crippen LogP contribution in [0.15, 0.2) is 48.8 Å². The van der Waals surface area contributed by atoms with Gasteiger partial charge in [0.15, 0.2) is 0 Å². The number of ether oxygens (including phenoxy) is 1. The lowest BCUT2D eigenvalue weighted by molar-refractivity contribution is -0.115. The first-order chi connectivity index (χ1) is 11.2. The molecule has 118 valence electrons. The second kappa shape index (κ2) is 6.52. The van der Waals surface area contributed by atoms with Gasteiger partial charge in [-0.25, -0.2) is 4.98 Å². The largest absolute Gasteiger partial charge is 0.492 e. The summed E-state index contributed by atoms with van der Waals surface area (Å²) in [6.45, 7) is 4.49. The molecule has 5 nitrogen and oxygen atoms in total. The van der Waals surface area contributed by atoms with Crippen LogP contribution in [0.1, 0.15) is 18.2 Å². The number of carbonyl (C=O) groups is 1. The Morgan fingerprint density at radius 2 is 2.13 bits per heavy atom. The summed E-state index contributed by atoms with van der Waals surface area (Å²) in [5.41, 5.74) is 3.41. The summed E-state index contributed by atoms with van der Waals surface area (Å²) in [5, 5.41) is 2.89. The molecule has 0 radical (unpaired) electrons. The van der Waals surface area contributed by atoms with Crippen molar-refractivity contribution < 1.29 is 9.53 Å². The standard InChI is InChI=1S/C18H19N3O2/c1-3-23-16-7-5-4-6-15(16)20-18(22)11-14-12-21-9-8-13(2)10-17(21)19-14/h4-10,12H,3,11H2,1-2H3,(H,20,22). The van der Waals surface area contributed by atoms with Gasteiger partial charge in [-0.3, -0.25) is 4.79 Å². The molecule has 2 aromatic heterocycles. The fourth-order valence-corrected chi connectivity index (χ4v) is 2.43. The van der Waals surface area contributed by atoms with Crippen LogP contribution in [0.3, 0.4) is 0 Å². The highest BCUT2D eigenvalue weighted by Crippen LogP contribution is 2.23. The predicted molar refractivity (Wildman–Crippen MR) is 89.9 cm³/mol. The highest BCUT2D eigenvalue weighted by atomic mass is 16.5. The number of fused-ring (bicyclic) bond motifs is 1. The summed E-state index contributed by atoms with van der Waals surface area (Å²) < 4.78 is 7.44. The maximum absolute atomic E-state index is 12.3. The van der Waals surface area contributed by atoms with Crippen LogP contribution in [0.4, 0.5) is 5.69 Å². The van der Waals surface area contributed by atoms with E-state index in [1.165, 1.54) is 0 Å². The summed E-state index contributed by atoms with van der Waals surface area (Å²) in [7, 11) is 0. The van der Waals surface area contributed by atoms with Gasteiger partial charge in [-0.2, -0.15) is 0 Å². The van der Waals surface area contributed by atoms with E-state index in [4.69, 9.17) is 4.74 Å². The predicted octanol–water partition coefficient (Wildman–Crippen LogP) is 3.22. The van der Waals surface area contributed by atoms with E-state index in [0.717, 1.165) is 16.9 Å². The van der Waals surface area contributed by atoms with Gasteiger partial charge in [0.25, 0.3) is 0 Å². The van der Waals surface area contributed by atoms with Crippen LogP contribution < -0.4 is 10.1 Å². The summed E-state index contributed by atoms with van der Waals surface area (Å²) in [6, 6.07) is 11.4. The monoisotopic (exact) mass is 309 g/mol. The third-order valence-corrected chi connectivity index (χ3v) is 3.47.